The average Bonchev–Trinajstić information content (AvgIpc) is 2.05. The van der Waals surface area contributed by atoms with Crippen molar-refractivity contribution < 1.29 is 9.05 Å². The monoisotopic (exact) mass is 160 g/mol. The Hall–Kier alpha value is 0.350. The molecule has 1 heterocycles. The summed E-state index contributed by atoms with van der Waals surface area (Å²) in [7, 11) is 0.312. The van der Waals surface area contributed by atoms with E-state index in [9.17, 15) is 0 Å². The summed E-state index contributed by atoms with van der Waals surface area (Å²) in [4.78, 5) is 0. The molecule has 0 radical (unpaired) electrons. The van der Waals surface area contributed by atoms with Gasteiger partial charge in [0, 0.05) is 5.92 Å². The number of rotatable bonds is 0. The Bertz CT molecular complexity index is 92.2. The van der Waals surface area contributed by atoms with Crippen molar-refractivity contribution in [1.82, 2.24) is 0 Å². The molecule has 2 fully saturated rings. The van der Waals surface area contributed by atoms with E-state index >= 15 is 0 Å². The highest BCUT2D eigenvalue weighted by Crippen LogP contribution is 2.37. The summed E-state index contributed by atoms with van der Waals surface area (Å²) in [5, 5.41) is 0. The summed E-state index contributed by atoms with van der Waals surface area (Å²) in [5.74, 6) is 0.718. The normalized spacial score (nSPS) is 43.2. The van der Waals surface area contributed by atoms with Crippen LogP contribution in [0, 0.1) is 5.92 Å². The van der Waals surface area contributed by atoms with Gasteiger partial charge in [-0.05, 0) is 12.8 Å². The van der Waals surface area contributed by atoms with Crippen LogP contribution in [-0.2, 0) is 9.05 Å². The summed E-state index contributed by atoms with van der Waals surface area (Å²) in [6.07, 6.45) is 5.85. The zero-order valence-corrected chi connectivity index (χ0v) is 7.01. The molecule has 2 rings (SSSR count). The molecule has 3 atom stereocenters. The first-order valence-corrected chi connectivity index (χ1v) is 4.81. The molecule has 0 N–H and O–H groups in total. The maximum atomic E-state index is 5.49. The minimum Gasteiger partial charge on any atom is -0.336 e. The smallest absolute Gasteiger partial charge is 0.155 e. The van der Waals surface area contributed by atoms with E-state index in [1.54, 1.807) is 0 Å². The second-order valence-electron chi connectivity index (χ2n) is 3.10. The summed E-state index contributed by atoms with van der Waals surface area (Å²) < 4.78 is 10.7. The third-order valence-electron chi connectivity index (χ3n) is 2.40. The van der Waals surface area contributed by atoms with Gasteiger partial charge in [0.25, 0.3) is 0 Å². The SMILES string of the molecule is C1CCC2OPOCC2C1. The van der Waals surface area contributed by atoms with Gasteiger partial charge < -0.3 is 9.05 Å². The van der Waals surface area contributed by atoms with Gasteiger partial charge in [0.05, 0.1) is 12.7 Å². The minimum absolute atomic E-state index is 0.312. The summed E-state index contributed by atoms with van der Waals surface area (Å²) in [5.41, 5.74) is 0. The fourth-order valence-corrected chi connectivity index (χ4v) is 2.54. The van der Waals surface area contributed by atoms with E-state index in [1.165, 1.54) is 25.7 Å². The molecule has 0 spiro atoms. The van der Waals surface area contributed by atoms with Gasteiger partial charge in [-0.3, -0.25) is 0 Å². The van der Waals surface area contributed by atoms with Gasteiger partial charge in [-0.1, -0.05) is 12.8 Å². The van der Waals surface area contributed by atoms with Crippen molar-refractivity contribution >= 4 is 9.03 Å². The van der Waals surface area contributed by atoms with E-state index < -0.39 is 0 Å². The molecule has 1 aliphatic carbocycles. The first-order chi connectivity index (χ1) is 4.97. The highest BCUT2D eigenvalue weighted by molar-refractivity contribution is 7.26. The Kier molecular flexibility index (Phi) is 2.22. The van der Waals surface area contributed by atoms with E-state index in [-0.39, 0.29) is 0 Å². The Morgan fingerprint density at radius 2 is 2.10 bits per heavy atom. The van der Waals surface area contributed by atoms with Crippen molar-refractivity contribution in [1.29, 1.82) is 0 Å². The van der Waals surface area contributed by atoms with E-state index in [4.69, 9.17) is 9.05 Å². The van der Waals surface area contributed by atoms with Gasteiger partial charge in [0.15, 0.2) is 9.03 Å². The maximum Gasteiger partial charge on any atom is 0.155 e. The minimum atomic E-state index is 0.312. The molecule has 3 heteroatoms. The first kappa shape index (κ1) is 7.02. The van der Waals surface area contributed by atoms with Crippen LogP contribution in [0.3, 0.4) is 0 Å². The second kappa shape index (κ2) is 3.17. The van der Waals surface area contributed by atoms with Crippen LogP contribution >= 0.6 is 9.03 Å². The Balaban J connectivity index is 1.93. The molecular weight excluding hydrogens is 147 g/mol. The third kappa shape index (κ3) is 1.34. The van der Waals surface area contributed by atoms with Crippen molar-refractivity contribution in [2.75, 3.05) is 6.61 Å². The molecule has 1 aliphatic heterocycles. The van der Waals surface area contributed by atoms with Gasteiger partial charge in [0.2, 0.25) is 0 Å². The highest BCUT2D eigenvalue weighted by atomic mass is 31.1. The third-order valence-corrected chi connectivity index (χ3v) is 3.08. The standard InChI is InChI=1S/C7H13O2P/c1-2-4-7-6(3-1)5-8-10-9-7/h6-7,10H,1-5H2. The van der Waals surface area contributed by atoms with Crippen molar-refractivity contribution in [3.8, 4) is 0 Å². The second-order valence-corrected chi connectivity index (χ2v) is 3.79. The van der Waals surface area contributed by atoms with Gasteiger partial charge in [-0.2, -0.15) is 0 Å². The van der Waals surface area contributed by atoms with Crippen molar-refractivity contribution in [3.05, 3.63) is 0 Å². The van der Waals surface area contributed by atoms with Crippen LogP contribution < -0.4 is 0 Å². The summed E-state index contributed by atoms with van der Waals surface area (Å²) >= 11 is 0. The van der Waals surface area contributed by atoms with Crippen LogP contribution in [0.2, 0.25) is 0 Å². The highest BCUT2D eigenvalue weighted by Gasteiger charge is 2.28. The van der Waals surface area contributed by atoms with Crippen LogP contribution in [0.5, 0.6) is 0 Å². The number of fused-ring (bicyclic) bond motifs is 1. The molecule has 10 heavy (non-hydrogen) atoms. The van der Waals surface area contributed by atoms with Gasteiger partial charge in [-0.15, -0.1) is 0 Å². The van der Waals surface area contributed by atoms with Crippen LogP contribution in [0.1, 0.15) is 25.7 Å². The van der Waals surface area contributed by atoms with Crippen LogP contribution in [-0.4, -0.2) is 12.7 Å². The lowest BCUT2D eigenvalue weighted by atomic mass is 9.87. The van der Waals surface area contributed by atoms with Crippen molar-refractivity contribution in [3.63, 3.8) is 0 Å². The topological polar surface area (TPSA) is 18.5 Å². The van der Waals surface area contributed by atoms with Crippen LogP contribution in [0.4, 0.5) is 0 Å². The maximum absolute atomic E-state index is 5.49. The predicted molar refractivity (Wildman–Crippen MR) is 41.1 cm³/mol. The number of hydrogen-bond acceptors (Lipinski definition) is 2. The Morgan fingerprint density at radius 3 is 3.00 bits per heavy atom. The lowest BCUT2D eigenvalue weighted by molar-refractivity contribution is 0.0277. The molecule has 0 aromatic carbocycles. The van der Waals surface area contributed by atoms with Crippen LogP contribution in [0.25, 0.3) is 0 Å². The van der Waals surface area contributed by atoms with Crippen molar-refractivity contribution in [2.24, 2.45) is 5.92 Å². The lowest BCUT2D eigenvalue weighted by Crippen LogP contribution is -2.31. The Morgan fingerprint density at radius 1 is 1.20 bits per heavy atom. The molecule has 0 aromatic rings. The zero-order valence-electron chi connectivity index (χ0n) is 6.01. The fraction of sp³-hybridized carbons (Fsp3) is 1.00. The molecule has 0 aromatic heterocycles. The van der Waals surface area contributed by atoms with E-state index in [0.717, 1.165) is 12.5 Å². The molecule has 1 saturated heterocycles. The lowest BCUT2D eigenvalue weighted by Gasteiger charge is -2.34. The zero-order chi connectivity index (χ0) is 6.81. The summed E-state index contributed by atoms with van der Waals surface area (Å²) in [6, 6.07) is 0. The van der Waals surface area contributed by atoms with Crippen molar-refractivity contribution in [2.45, 2.75) is 31.8 Å². The molecule has 0 bridgehead atoms. The first-order valence-electron chi connectivity index (χ1n) is 3.99. The molecular formula is C7H13O2P. The average molecular weight is 160 g/mol. The summed E-state index contributed by atoms with van der Waals surface area (Å²) in [6.45, 7) is 0.948. The predicted octanol–water partition coefficient (Wildman–Crippen LogP) is 2.10. The van der Waals surface area contributed by atoms with E-state index in [0.29, 0.717) is 15.1 Å². The quantitative estimate of drug-likeness (QED) is 0.505. The van der Waals surface area contributed by atoms with E-state index in [2.05, 4.69) is 0 Å². The fourth-order valence-electron chi connectivity index (χ4n) is 1.76. The van der Waals surface area contributed by atoms with Crippen LogP contribution in [0.15, 0.2) is 0 Å². The molecule has 2 nitrogen and oxygen atoms in total. The Labute approximate surface area is 63.2 Å². The van der Waals surface area contributed by atoms with Gasteiger partial charge in [0.1, 0.15) is 0 Å². The van der Waals surface area contributed by atoms with Gasteiger partial charge in [-0.25, -0.2) is 0 Å². The largest absolute Gasteiger partial charge is 0.336 e. The number of hydrogen-bond donors (Lipinski definition) is 0. The molecule has 1 saturated carbocycles. The molecule has 58 valence electrons. The van der Waals surface area contributed by atoms with E-state index in [1.807, 2.05) is 0 Å². The molecule has 2 aliphatic rings. The molecule has 0 amide bonds. The van der Waals surface area contributed by atoms with Gasteiger partial charge >= 0.3 is 0 Å². The molecule has 3 unspecified atom stereocenters.